The molecule has 4 aromatic heterocycles. The number of carboxylic acids is 2. The Kier molecular flexibility index (Phi) is 27.8. The SMILES string of the molecule is COCCCc1cc(C(=O)NS2(=O)=NC(=O)c3ccc4c(c3)N(C[C@@H]3CC[C@H]3[C@@H](OC)/C=C/C[C@H](C)C2)C[C@@]2(CCCc3cc(Cl)ccc32)CO4)n(C)n1.COCCOC(=O)c1cn(C)nc1OCCOC.COCCOc1nn(C)cc1C(=O)O.Cn1cc(C(=O)O)c(=O)[nH]1. The average molecular weight is 1380 g/mol. The molecule has 2 bridgehead atoms. The summed E-state index contributed by atoms with van der Waals surface area (Å²) in [6.07, 6.45) is 15.4. The Hall–Kier alpha value is -8.39. The Morgan fingerprint density at radius 1 is 0.802 bits per heavy atom. The molecule has 31 heteroatoms. The van der Waals surface area contributed by atoms with Crippen molar-refractivity contribution in [3.05, 3.63) is 133 Å². The maximum absolute atomic E-state index is 14.7. The number of aryl methyl sites for hydroxylation is 6. The van der Waals surface area contributed by atoms with Crippen LogP contribution in [0.25, 0.3) is 0 Å². The lowest BCUT2D eigenvalue weighted by Crippen LogP contribution is -2.49. The van der Waals surface area contributed by atoms with Gasteiger partial charge in [0.05, 0.1) is 49.7 Å². The van der Waals surface area contributed by atoms with Gasteiger partial charge in [0.2, 0.25) is 11.8 Å². The maximum atomic E-state index is 14.7. The Bertz CT molecular complexity index is 3850. The number of halogens is 1. The Morgan fingerprint density at radius 3 is 2.08 bits per heavy atom. The fraction of sp³-hybridized carbons (Fsp3) is 0.523. The van der Waals surface area contributed by atoms with Crippen molar-refractivity contribution in [2.75, 3.05) is 112 Å². The van der Waals surface area contributed by atoms with Crippen molar-refractivity contribution in [2.24, 2.45) is 50.3 Å². The minimum absolute atomic E-state index is 0.0107. The number of benzene rings is 2. The van der Waals surface area contributed by atoms with Gasteiger partial charge < -0.3 is 57.7 Å². The summed E-state index contributed by atoms with van der Waals surface area (Å²) in [6, 6.07) is 13.3. The monoisotopic (exact) mass is 1380 g/mol. The predicted molar refractivity (Wildman–Crippen MR) is 354 cm³/mol. The first-order valence-corrected chi connectivity index (χ1v) is 33.3. The number of nitrogens with one attached hydrogen (secondary N) is 2. The number of aromatic carboxylic acids is 2. The van der Waals surface area contributed by atoms with Gasteiger partial charge in [-0.2, -0.15) is 5.10 Å². The summed E-state index contributed by atoms with van der Waals surface area (Å²) in [5.41, 5.74) is 3.88. The first kappa shape index (κ1) is 75.0. The van der Waals surface area contributed by atoms with Gasteiger partial charge in [0, 0.05) is 118 Å². The highest BCUT2D eigenvalue weighted by Crippen LogP contribution is 2.47. The zero-order valence-electron chi connectivity index (χ0n) is 55.9. The van der Waals surface area contributed by atoms with E-state index < -0.39 is 45.2 Å². The standard InChI is InChI=1S/C41H52ClN5O6S.C11H18N2O5.C8H12N2O4.C5H6N2O3/c1-27-8-5-11-37(52-4)33-15-12-30(33)23-47-25-41(18-6-9-28-20-31(42)14-16-34(28)41)26-53-38-17-13-29(21-35(38)47)39(48)44-54(50,24-27)45-40(49)36-22-32(43-46(36)2)10-7-19-51-3;1-13-8-9(11(14)18-7-5-16-3)10(12-13)17-6-4-15-2;1-10-5-6(8(11)12)7(9-10)14-4-3-13-2;1-7-2-3(5(9)10)4(8)6-7/h5,11,13-14,16-17,20-22,27,30,33,37H,6-10,12,15,18-19,23-26H2,1-4H3,(H,44,45,48,49,50);8H,4-7H2,1-3H3;5H,3-4H2,1-2H3,(H,11,12);2H,1H3,(H,6,8)(H,9,10)/b11-5+;;;/t27-,30-,33+,37-,41-,54?;;;/m0.../s1. The molecule has 29 nitrogen and oxygen atoms in total. The topological polar surface area (TPSA) is 345 Å². The first-order chi connectivity index (χ1) is 45.9. The second-order valence-corrected chi connectivity index (χ2v) is 26.1. The number of carbonyl (C=O) groups is 5. The van der Waals surface area contributed by atoms with Crippen molar-refractivity contribution in [3.8, 4) is 17.5 Å². The second-order valence-electron chi connectivity index (χ2n) is 23.7. The number of esters is 1. The molecule has 4 aliphatic rings. The van der Waals surface area contributed by atoms with Gasteiger partial charge >= 0.3 is 17.9 Å². The Balaban J connectivity index is 0.000000248. The van der Waals surface area contributed by atoms with Crippen LogP contribution in [0.3, 0.4) is 0 Å². The quantitative estimate of drug-likeness (QED) is 0.0338. The van der Waals surface area contributed by atoms with E-state index in [2.05, 4.69) is 58.7 Å². The van der Waals surface area contributed by atoms with E-state index in [4.69, 9.17) is 64.4 Å². The van der Waals surface area contributed by atoms with E-state index in [9.17, 15) is 33.0 Å². The largest absolute Gasteiger partial charge is 0.490 e. The van der Waals surface area contributed by atoms with E-state index in [1.165, 1.54) is 49.4 Å². The van der Waals surface area contributed by atoms with E-state index in [0.29, 0.717) is 82.2 Å². The third-order valence-corrected chi connectivity index (χ3v) is 18.6. The van der Waals surface area contributed by atoms with Gasteiger partial charge in [0.25, 0.3) is 17.4 Å². The molecule has 2 aliphatic carbocycles. The van der Waals surface area contributed by atoms with Crippen molar-refractivity contribution in [3.63, 3.8) is 0 Å². The van der Waals surface area contributed by atoms with E-state index in [1.807, 2.05) is 25.1 Å². The molecule has 6 heterocycles. The summed E-state index contributed by atoms with van der Waals surface area (Å²) >= 11 is 6.47. The average Bonchev–Trinajstić information content (AvgIpc) is 1.41. The summed E-state index contributed by atoms with van der Waals surface area (Å²) < 4.78 is 75.1. The summed E-state index contributed by atoms with van der Waals surface area (Å²) in [4.78, 5) is 73.5. The van der Waals surface area contributed by atoms with Gasteiger partial charge in [0.1, 0.15) is 57.9 Å². The Labute approximate surface area is 562 Å². The van der Waals surface area contributed by atoms with Crippen molar-refractivity contribution < 1.29 is 81.0 Å². The van der Waals surface area contributed by atoms with Crippen LogP contribution in [0.5, 0.6) is 17.5 Å². The molecule has 524 valence electrons. The molecule has 10 rings (SSSR count). The van der Waals surface area contributed by atoms with Gasteiger partial charge in [-0.15, -0.1) is 14.6 Å². The minimum atomic E-state index is -3.57. The number of fused-ring (bicyclic) bond motifs is 4. The maximum Gasteiger partial charge on any atom is 0.345 e. The van der Waals surface area contributed by atoms with Crippen LogP contribution in [-0.4, -0.2) is 197 Å². The predicted octanol–water partition coefficient (Wildman–Crippen LogP) is 6.52. The summed E-state index contributed by atoms with van der Waals surface area (Å²) in [6.45, 7) is 6.49. The number of anilines is 1. The van der Waals surface area contributed by atoms with Crippen LogP contribution in [0.1, 0.15) is 114 Å². The number of nitrogens with zero attached hydrogens (tertiary/aromatic N) is 9. The van der Waals surface area contributed by atoms with E-state index in [1.54, 1.807) is 75.0 Å². The second kappa shape index (κ2) is 35.6. The van der Waals surface area contributed by atoms with Gasteiger partial charge in [0.15, 0.2) is 0 Å². The number of hydrogen-bond acceptors (Lipinski definition) is 20. The van der Waals surface area contributed by atoms with Crippen molar-refractivity contribution in [2.45, 2.75) is 69.8 Å². The van der Waals surface area contributed by atoms with Crippen LogP contribution in [0.15, 0.2) is 82.4 Å². The normalized spacial score (nSPS) is 20.7. The van der Waals surface area contributed by atoms with Crippen LogP contribution in [-0.2, 0) is 84.8 Å². The molecule has 1 saturated carbocycles. The molecule has 0 saturated heterocycles. The molecule has 96 heavy (non-hydrogen) atoms. The fourth-order valence-corrected chi connectivity index (χ4v) is 13.7. The summed E-state index contributed by atoms with van der Waals surface area (Å²) in [5, 5.41) is 32.5. The van der Waals surface area contributed by atoms with Gasteiger partial charge in [-0.25, -0.2) is 18.6 Å². The van der Waals surface area contributed by atoms with E-state index >= 15 is 0 Å². The molecule has 1 spiro atoms. The number of carboxylic acid groups (broad SMARTS) is 2. The minimum Gasteiger partial charge on any atom is -0.490 e. The highest BCUT2D eigenvalue weighted by molar-refractivity contribution is 7.92. The summed E-state index contributed by atoms with van der Waals surface area (Å²) in [5.74, 6) is -2.38. The number of methoxy groups -OCH3 is 5. The number of ether oxygens (including phenoxy) is 9. The fourth-order valence-electron chi connectivity index (χ4n) is 11.7. The molecule has 1 fully saturated rings. The Morgan fingerprint density at radius 2 is 1.47 bits per heavy atom. The molecule has 0 radical (unpaired) electrons. The number of rotatable bonds is 21. The zero-order valence-corrected chi connectivity index (χ0v) is 57.5. The van der Waals surface area contributed by atoms with Crippen LogP contribution < -0.4 is 29.4 Å². The number of amides is 2. The number of hydrogen-bond donors (Lipinski definition) is 4. The molecule has 2 aliphatic heterocycles. The highest BCUT2D eigenvalue weighted by Gasteiger charge is 2.45. The summed E-state index contributed by atoms with van der Waals surface area (Å²) in [7, 11) is 11.0. The van der Waals surface area contributed by atoms with Crippen LogP contribution >= 0.6 is 11.6 Å². The number of allylic oxidation sites excluding steroid dienone is 1. The number of aromatic nitrogens is 8. The van der Waals surface area contributed by atoms with Gasteiger partial charge in [-0.3, -0.25) is 42.9 Å². The smallest absolute Gasteiger partial charge is 0.345 e. The van der Waals surface area contributed by atoms with Gasteiger partial charge in [-0.05, 0) is 117 Å². The third-order valence-electron chi connectivity index (χ3n) is 16.4. The van der Waals surface area contributed by atoms with Crippen LogP contribution in [0, 0.1) is 17.8 Å². The molecule has 2 amide bonds. The molecular weight excluding hydrogens is 1290 g/mol. The van der Waals surface area contributed by atoms with Crippen LogP contribution in [0.2, 0.25) is 5.02 Å². The number of H-pyrrole nitrogens is 1. The lowest BCUT2D eigenvalue weighted by atomic mass is 9.68. The van der Waals surface area contributed by atoms with Gasteiger partial charge in [-0.1, -0.05) is 36.7 Å². The van der Waals surface area contributed by atoms with E-state index in [0.717, 1.165) is 61.5 Å². The van der Waals surface area contributed by atoms with Crippen molar-refractivity contribution >= 4 is 56.9 Å². The first-order valence-electron chi connectivity index (χ1n) is 31.3. The molecule has 6 aromatic rings. The number of carbonyl (C=O) groups excluding carboxylic acids is 3. The number of aromatic amines is 1. The lowest BCUT2D eigenvalue weighted by molar-refractivity contribution is 0.0131. The molecule has 4 N–H and O–H groups in total. The molecule has 2 aromatic carbocycles. The van der Waals surface area contributed by atoms with Crippen LogP contribution in [0.4, 0.5) is 5.69 Å². The lowest BCUT2D eigenvalue weighted by Gasteiger charge is -2.46. The van der Waals surface area contributed by atoms with Crippen molar-refractivity contribution in [1.82, 2.24) is 43.8 Å². The molecule has 6 atom stereocenters. The third kappa shape index (κ3) is 20.3. The molecular formula is C65H88ClN11O18S. The highest BCUT2D eigenvalue weighted by atomic mass is 35.5. The zero-order chi connectivity index (χ0) is 69.7. The van der Waals surface area contributed by atoms with E-state index in [-0.39, 0.29) is 70.5 Å². The molecule has 1 unspecified atom stereocenters. The van der Waals surface area contributed by atoms with Crippen molar-refractivity contribution in [1.29, 1.82) is 0 Å².